The summed E-state index contributed by atoms with van der Waals surface area (Å²) in [6.45, 7) is 12.9. The van der Waals surface area contributed by atoms with Crippen LogP contribution in [0.25, 0.3) is 0 Å². The second-order valence-corrected chi connectivity index (χ2v) is 24.4. The number of thioether (sulfide) groups is 1. The van der Waals surface area contributed by atoms with E-state index < -0.39 is 79.4 Å². The van der Waals surface area contributed by atoms with Gasteiger partial charge in [0.05, 0.1) is 51.0 Å². The van der Waals surface area contributed by atoms with Crippen LogP contribution in [0.3, 0.4) is 0 Å². The van der Waals surface area contributed by atoms with Crippen LogP contribution in [0.1, 0.15) is 79.9 Å². The number of methoxy groups -OCH3 is 3. The summed E-state index contributed by atoms with van der Waals surface area (Å²) in [4.78, 5) is 77.8. The van der Waals surface area contributed by atoms with Crippen LogP contribution in [0, 0.1) is 23.7 Å². The summed E-state index contributed by atoms with van der Waals surface area (Å²) in [5.41, 5.74) is 1.27. The molecule has 0 N–H and O–H groups in total. The second kappa shape index (κ2) is 71.3. The Hall–Kier alpha value is -5.58. The number of alkyl halides is 3. The number of benzene rings is 7. The van der Waals surface area contributed by atoms with Crippen LogP contribution in [0.4, 0.5) is 13.2 Å². The zero-order chi connectivity index (χ0) is 80.1. The molecule has 0 aromatic heterocycles. The molecule has 7 aromatic carbocycles. The Morgan fingerprint density at radius 3 is 0.983 bits per heavy atom. The fourth-order valence-corrected chi connectivity index (χ4v) is 8.03. The molecule has 628 valence electrons. The average Bonchev–Trinajstić information content (AvgIpc) is 0.796. The summed E-state index contributed by atoms with van der Waals surface area (Å²) < 4.78 is 95.9. The first-order valence-corrected chi connectivity index (χ1v) is 34.6. The molecule has 0 fully saturated rings. The first kappa shape index (κ1) is 128. The molecule has 0 aliphatic heterocycles. The van der Waals surface area contributed by atoms with Gasteiger partial charge >= 0.3 is 95.1 Å². The van der Waals surface area contributed by atoms with Gasteiger partial charge in [0.25, 0.3) is 0 Å². The fourth-order valence-electron chi connectivity index (χ4n) is 6.98. The predicted molar refractivity (Wildman–Crippen MR) is 464 cm³/mol. The number of carbonyl (C=O) groups excluding carboxylic acids is 7. The van der Waals surface area contributed by atoms with E-state index >= 15 is 0 Å². The molecule has 0 heterocycles. The number of carboxylic acids is 2. The minimum absolute atomic E-state index is 0. The molecule has 0 amide bonds. The number of esters is 5. The standard InChI is InChI=1S/C12H15ClO3.C12H12O3.C11H10ClF3O3.C11H13ClO3.C10H11BrO3.C10H9NO3.C10H12O3S.2Na.7H2S/c1-8(2)15-12(14)9(3)16-11-6-4-10(13)5-7-11;1-4-10-5-7-11(8-6-10)15-9(2)12(13)14-3;1-7(10(16)17-6-11(13,14)15)18-9-4-2-8(12)3-5-9;1-3-10(11(13)14-2)15-9-6-4-8(12)5-7-9;1-7(10(12)13-2)14-9-5-3-8(11)4-6-9;1-7(10(12)13)14-9-4-2-8(6-11)3-5-9;1-7(10(11)12)13-8-3-5-9(14-2)6-4-8;;;;;;;;;/h4-9H,1-3H3;1,5-9H,2-3H3;2-5,7H,6H2,1H3;4-7,10H,3H2,1-2H3;3-7H,1-2H3;2-5,7H,1H3,(H,12,13);3-7H,1-2H3,(H,11,12);;;7*1H2/q;;;;;;;2*+1;;;;;;;/p-2/t2*9-;7-;10-;3*7-;;;;;;;;;/m0000000........./s1. The third-order valence-corrected chi connectivity index (χ3v) is 14.5. The number of nitriles is 1. The first-order valence-electron chi connectivity index (χ1n) is 31.5. The number of carboxylic acid groups (broad SMARTS) is 2. The van der Waals surface area contributed by atoms with Gasteiger partial charge in [0.2, 0.25) is 0 Å². The maximum absolute atomic E-state index is 11.8. The summed E-state index contributed by atoms with van der Waals surface area (Å²) in [6, 6.07) is 49.3. The molecule has 0 saturated carbocycles. The Labute approximate surface area is 790 Å². The molecule has 39 heteroatoms. The number of halogens is 7. The van der Waals surface area contributed by atoms with Crippen LogP contribution < -0.4 is 102 Å². The topological polar surface area (TPSA) is 300 Å². The number of hydrogen-bond donors (Lipinski definition) is 0. The van der Waals surface area contributed by atoms with Gasteiger partial charge in [-0.25, -0.2) is 24.0 Å². The molecule has 7 atom stereocenters. The average molecular weight is 1900 g/mol. The Morgan fingerprint density at radius 1 is 0.443 bits per heavy atom. The van der Waals surface area contributed by atoms with Crippen molar-refractivity contribution in [2.75, 3.05) is 34.2 Å². The number of nitrogens with zero attached hydrogens (tertiary/aromatic N) is 1. The normalized spacial score (nSPS) is 11.1. The second-order valence-electron chi connectivity index (χ2n) is 21.3. The molecule has 7 aromatic rings. The SMILES string of the molecule is C#Cc1ccc(O[C@@H](C)C(=O)OC)cc1.CC(C)OC(=O)[C@H](C)Oc1ccc(Cl)cc1.CC[C@H](Oc1ccc(Cl)cc1)C(=O)OC.COC(=O)[C@H](C)Oc1ccc(Br)cc1.CSc1ccc(O[C@@H](C)C(=O)[O-])cc1.C[C@H](Oc1ccc(C#N)cc1)C(=O)[O-].C[C@H](Oc1ccc(Cl)cc1)C(=O)OCC(F)(F)F.S.S.S.S.S.S.S.[Na+].[Na+]. The molecule has 22 nitrogen and oxygen atoms in total. The molecule has 0 aliphatic carbocycles. The molecular formula is C76H94BrCl3F3NNa2O21S8. The molecule has 0 spiro atoms. The maximum Gasteiger partial charge on any atom is 1.00 e. The van der Waals surface area contributed by atoms with Crippen LogP contribution >= 0.6 is 157 Å². The van der Waals surface area contributed by atoms with E-state index in [0.29, 0.717) is 67.3 Å². The van der Waals surface area contributed by atoms with Crippen molar-refractivity contribution in [3.05, 3.63) is 201 Å². The van der Waals surface area contributed by atoms with E-state index in [4.69, 9.17) is 84.4 Å². The van der Waals surface area contributed by atoms with Crippen LogP contribution in [0.15, 0.2) is 179 Å². The Kier molecular flexibility index (Phi) is 79.1. The number of aliphatic carboxylic acids is 2. The van der Waals surface area contributed by atoms with Crippen molar-refractivity contribution in [1.82, 2.24) is 0 Å². The van der Waals surface area contributed by atoms with Crippen molar-refractivity contribution in [2.24, 2.45) is 0 Å². The van der Waals surface area contributed by atoms with Gasteiger partial charge in [0, 0.05) is 30.0 Å². The van der Waals surface area contributed by atoms with E-state index in [1.165, 1.54) is 78.5 Å². The molecule has 0 aliphatic rings. The quantitative estimate of drug-likeness (QED) is 0.0170. The zero-order valence-electron chi connectivity index (χ0n) is 65.4. The van der Waals surface area contributed by atoms with Gasteiger partial charge in [-0.15, -0.1) is 18.2 Å². The van der Waals surface area contributed by atoms with Crippen LogP contribution in [-0.2, 0) is 57.2 Å². The fraction of sp³-hybridized carbons (Fsp3) is 0.316. The minimum atomic E-state index is -4.55. The van der Waals surface area contributed by atoms with Gasteiger partial charge < -0.3 is 76.6 Å². The van der Waals surface area contributed by atoms with E-state index in [0.717, 1.165) is 14.9 Å². The Bertz CT molecular complexity index is 3900. The van der Waals surface area contributed by atoms with Gasteiger partial charge in [-0.1, -0.05) is 63.6 Å². The number of carbonyl (C=O) groups is 7. The third kappa shape index (κ3) is 58.9. The summed E-state index contributed by atoms with van der Waals surface area (Å²) in [6.07, 6.45) is -2.37. The zero-order valence-corrected chi connectivity index (χ0v) is 81.0. The van der Waals surface area contributed by atoms with Crippen molar-refractivity contribution in [3.63, 3.8) is 0 Å². The van der Waals surface area contributed by atoms with Crippen LogP contribution in [0.5, 0.6) is 40.2 Å². The van der Waals surface area contributed by atoms with Crippen molar-refractivity contribution >= 4 is 199 Å². The molecule has 115 heavy (non-hydrogen) atoms. The van der Waals surface area contributed by atoms with E-state index in [9.17, 15) is 56.9 Å². The third-order valence-electron chi connectivity index (χ3n) is 12.4. The van der Waals surface area contributed by atoms with E-state index in [2.05, 4.69) is 40.8 Å². The maximum atomic E-state index is 11.8. The number of terminal acetylenes is 1. The molecule has 0 saturated heterocycles. The summed E-state index contributed by atoms with van der Waals surface area (Å²) >= 11 is 22.0. The Morgan fingerprint density at radius 2 is 0.713 bits per heavy atom. The van der Waals surface area contributed by atoms with Crippen LogP contribution in [0.2, 0.25) is 15.1 Å². The Balaban J connectivity index is -0.000000161. The molecule has 0 radical (unpaired) electrons. The number of rotatable bonds is 25. The van der Waals surface area contributed by atoms with Gasteiger partial charge in [-0.2, -0.15) is 113 Å². The van der Waals surface area contributed by atoms with Crippen molar-refractivity contribution in [2.45, 2.75) is 129 Å². The number of ether oxygens (including phenoxy) is 12. The van der Waals surface area contributed by atoms with Gasteiger partial charge in [-0.05, 0) is 238 Å². The van der Waals surface area contributed by atoms with Crippen molar-refractivity contribution < 1.29 is 173 Å². The van der Waals surface area contributed by atoms with Gasteiger partial charge in [0.1, 0.15) is 52.5 Å². The van der Waals surface area contributed by atoms with E-state index in [1.807, 2.05) is 43.5 Å². The van der Waals surface area contributed by atoms with Crippen molar-refractivity contribution in [1.29, 1.82) is 5.26 Å². The molecular weight excluding hydrogens is 1810 g/mol. The summed E-state index contributed by atoms with van der Waals surface area (Å²) in [5.74, 6) is 1.11. The monoisotopic (exact) mass is 1900 g/mol. The first-order chi connectivity index (χ1) is 50.0. The smallest absolute Gasteiger partial charge is 0.546 e. The molecule has 7 rings (SSSR count). The largest absolute Gasteiger partial charge is 1.00 e. The van der Waals surface area contributed by atoms with E-state index in [1.54, 1.807) is 156 Å². The van der Waals surface area contributed by atoms with Gasteiger partial charge in [-0.3, -0.25) is 0 Å². The van der Waals surface area contributed by atoms with E-state index in [-0.39, 0.29) is 178 Å². The minimum Gasteiger partial charge on any atom is -0.546 e. The molecule has 0 unspecified atom stereocenters. The molecule has 0 bridgehead atoms. The van der Waals surface area contributed by atoms with Crippen LogP contribution in [-0.4, -0.2) is 131 Å². The number of hydrogen-bond acceptors (Lipinski definition) is 23. The summed E-state index contributed by atoms with van der Waals surface area (Å²) in [5, 5.41) is 31.0. The summed E-state index contributed by atoms with van der Waals surface area (Å²) in [7, 11) is 4.00. The van der Waals surface area contributed by atoms with Crippen molar-refractivity contribution in [3.8, 4) is 58.7 Å². The predicted octanol–water partition coefficient (Wildman–Crippen LogP) is 8.74. The van der Waals surface area contributed by atoms with Gasteiger partial charge in [0.15, 0.2) is 37.1 Å².